The highest BCUT2D eigenvalue weighted by Crippen LogP contribution is 2.21. The number of carbonyl (C=O) groups excluding carboxylic acids is 1. The fraction of sp³-hybridized carbons (Fsp3) is 0.455. The number of hydrogen-bond acceptors (Lipinski definition) is 7. The molecule has 2 aromatic rings. The maximum absolute atomic E-state index is 11.4. The summed E-state index contributed by atoms with van der Waals surface area (Å²) in [5.74, 6) is 0.0103. The molecule has 0 unspecified atom stereocenters. The minimum Gasteiger partial charge on any atom is -0.354 e. The third kappa shape index (κ3) is 3.48. The zero-order chi connectivity index (χ0) is 13.8. The fourth-order valence-electron chi connectivity index (χ4n) is 1.53. The molecule has 2 aromatic heterocycles. The zero-order valence-corrected chi connectivity index (χ0v) is 12.6. The second kappa shape index (κ2) is 6.07. The fourth-order valence-corrected chi connectivity index (χ4v) is 3.05. The van der Waals surface area contributed by atoms with Crippen LogP contribution in [0.2, 0.25) is 0 Å². The molecule has 0 fully saturated rings. The van der Waals surface area contributed by atoms with Gasteiger partial charge in [0.05, 0.1) is 12.2 Å². The van der Waals surface area contributed by atoms with Crippen molar-refractivity contribution in [3.05, 3.63) is 16.1 Å². The highest BCUT2D eigenvalue weighted by Gasteiger charge is 2.13. The van der Waals surface area contributed by atoms with Crippen molar-refractivity contribution < 1.29 is 4.79 Å². The first kappa shape index (κ1) is 13.9. The van der Waals surface area contributed by atoms with Gasteiger partial charge in [0, 0.05) is 18.8 Å². The van der Waals surface area contributed by atoms with Crippen molar-refractivity contribution in [2.45, 2.75) is 27.3 Å². The van der Waals surface area contributed by atoms with Crippen LogP contribution >= 0.6 is 22.7 Å². The highest BCUT2D eigenvalue weighted by atomic mass is 32.1. The van der Waals surface area contributed by atoms with Gasteiger partial charge >= 0.3 is 0 Å². The standard InChI is InChI=1S/C11H15N5OS2/c1-4-16(8(3)17)11-13-9(6-18-11)5-12-10-15-14-7(2)19-10/h6H,4-5H2,1-3H3,(H,12,15). The molecule has 1 amide bonds. The van der Waals surface area contributed by atoms with Gasteiger partial charge in [0.15, 0.2) is 5.13 Å². The predicted molar refractivity (Wildman–Crippen MR) is 77.8 cm³/mol. The van der Waals surface area contributed by atoms with Crippen molar-refractivity contribution in [1.29, 1.82) is 0 Å². The lowest BCUT2D eigenvalue weighted by Crippen LogP contribution is -2.27. The molecule has 0 radical (unpaired) electrons. The van der Waals surface area contributed by atoms with Gasteiger partial charge in [-0.15, -0.1) is 21.5 Å². The number of nitrogens with zero attached hydrogens (tertiary/aromatic N) is 4. The maximum atomic E-state index is 11.4. The van der Waals surface area contributed by atoms with Crippen LogP contribution in [-0.4, -0.2) is 27.6 Å². The molecule has 2 heterocycles. The first-order valence-corrected chi connectivity index (χ1v) is 7.56. The van der Waals surface area contributed by atoms with E-state index in [-0.39, 0.29) is 5.91 Å². The minimum absolute atomic E-state index is 0.0103. The van der Waals surface area contributed by atoms with Crippen LogP contribution in [0.4, 0.5) is 10.3 Å². The maximum Gasteiger partial charge on any atom is 0.225 e. The Morgan fingerprint density at radius 2 is 2.26 bits per heavy atom. The number of hydrogen-bond donors (Lipinski definition) is 1. The Labute approximate surface area is 119 Å². The monoisotopic (exact) mass is 297 g/mol. The Bertz CT molecular complexity index is 565. The second-order valence-corrected chi connectivity index (χ2v) is 5.88. The van der Waals surface area contributed by atoms with E-state index in [9.17, 15) is 4.79 Å². The van der Waals surface area contributed by atoms with Gasteiger partial charge in [0.1, 0.15) is 5.01 Å². The van der Waals surface area contributed by atoms with Gasteiger partial charge in [-0.3, -0.25) is 9.69 Å². The van der Waals surface area contributed by atoms with Crippen molar-refractivity contribution in [1.82, 2.24) is 15.2 Å². The molecular weight excluding hydrogens is 282 g/mol. The largest absolute Gasteiger partial charge is 0.354 e. The molecule has 8 heteroatoms. The second-order valence-electron chi connectivity index (χ2n) is 3.86. The van der Waals surface area contributed by atoms with Crippen molar-refractivity contribution in [3.8, 4) is 0 Å². The molecule has 19 heavy (non-hydrogen) atoms. The van der Waals surface area contributed by atoms with Gasteiger partial charge in [-0.1, -0.05) is 11.3 Å². The first-order chi connectivity index (χ1) is 9.10. The Morgan fingerprint density at radius 1 is 1.47 bits per heavy atom. The normalized spacial score (nSPS) is 10.5. The van der Waals surface area contributed by atoms with E-state index in [1.165, 1.54) is 22.7 Å². The zero-order valence-electron chi connectivity index (χ0n) is 11.0. The minimum atomic E-state index is 0.0103. The van der Waals surface area contributed by atoms with Crippen LogP contribution < -0.4 is 10.2 Å². The van der Waals surface area contributed by atoms with Gasteiger partial charge in [0.2, 0.25) is 11.0 Å². The molecular formula is C11H15N5OS2. The Morgan fingerprint density at radius 3 is 2.84 bits per heavy atom. The van der Waals surface area contributed by atoms with E-state index < -0.39 is 0 Å². The Balaban J connectivity index is 1.99. The molecule has 0 bridgehead atoms. The summed E-state index contributed by atoms with van der Waals surface area (Å²) >= 11 is 2.98. The topological polar surface area (TPSA) is 71.0 Å². The lowest BCUT2D eigenvalue weighted by Gasteiger charge is -2.14. The van der Waals surface area contributed by atoms with Crippen LogP contribution in [0.25, 0.3) is 0 Å². The van der Waals surface area contributed by atoms with E-state index in [1.807, 2.05) is 19.2 Å². The Kier molecular flexibility index (Phi) is 4.43. The SMILES string of the molecule is CCN(C(C)=O)c1nc(CNc2nnc(C)s2)cs1. The summed E-state index contributed by atoms with van der Waals surface area (Å²) in [6.07, 6.45) is 0. The van der Waals surface area contributed by atoms with Crippen LogP contribution in [0.3, 0.4) is 0 Å². The van der Waals surface area contributed by atoms with E-state index >= 15 is 0 Å². The highest BCUT2D eigenvalue weighted by molar-refractivity contribution is 7.15. The number of aromatic nitrogens is 3. The number of carbonyl (C=O) groups is 1. The smallest absolute Gasteiger partial charge is 0.225 e. The summed E-state index contributed by atoms with van der Waals surface area (Å²) in [7, 11) is 0. The van der Waals surface area contributed by atoms with Crippen LogP contribution in [0.5, 0.6) is 0 Å². The van der Waals surface area contributed by atoms with E-state index in [4.69, 9.17) is 0 Å². The Hall–Kier alpha value is -1.54. The molecule has 0 aliphatic heterocycles. The van der Waals surface area contributed by atoms with Gasteiger partial charge in [0.25, 0.3) is 0 Å². The van der Waals surface area contributed by atoms with Crippen molar-refractivity contribution in [3.63, 3.8) is 0 Å². The molecule has 1 N–H and O–H groups in total. The lowest BCUT2D eigenvalue weighted by molar-refractivity contribution is -0.116. The number of anilines is 2. The molecule has 0 aliphatic carbocycles. The predicted octanol–water partition coefficient (Wildman–Crippen LogP) is 2.29. The van der Waals surface area contributed by atoms with Gasteiger partial charge in [-0.2, -0.15) is 0 Å². The number of thiazole rings is 1. The average Bonchev–Trinajstić information content (AvgIpc) is 2.96. The third-order valence-electron chi connectivity index (χ3n) is 2.41. The van der Waals surface area contributed by atoms with E-state index in [2.05, 4.69) is 20.5 Å². The summed E-state index contributed by atoms with van der Waals surface area (Å²) in [5.41, 5.74) is 0.896. The van der Waals surface area contributed by atoms with Crippen LogP contribution in [-0.2, 0) is 11.3 Å². The summed E-state index contributed by atoms with van der Waals surface area (Å²) in [6, 6.07) is 0. The van der Waals surface area contributed by atoms with Gasteiger partial charge in [-0.05, 0) is 13.8 Å². The number of nitrogens with one attached hydrogen (secondary N) is 1. The van der Waals surface area contributed by atoms with E-state index in [1.54, 1.807) is 11.8 Å². The molecule has 0 saturated carbocycles. The van der Waals surface area contributed by atoms with E-state index in [0.29, 0.717) is 13.1 Å². The summed E-state index contributed by atoms with van der Waals surface area (Å²) in [4.78, 5) is 17.5. The first-order valence-electron chi connectivity index (χ1n) is 5.86. The number of amides is 1. The van der Waals surface area contributed by atoms with Crippen molar-refractivity contribution in [2.24, 2.45) is 0 Å². The van der Waals surface area contributed by atoms with Crippen LogP contribution in [0, 0.1) is 6.92 Å². The molecule has 0 atom stereocenters. The van der Waals surface area contributed by atoms with Gasteiger partial charge < -0.3 is 5.32 Å². The molecule has 0 saturated heterocycles. The van der Waals surface area contributed by atoms with E-state index in [0.717, 1.165) is 21.0 Å². The average molecular weight is 297 g/mol. The third-order valence-corrected chi connectivity index (χ3v) is 4.12. The molecule has 0 spiro atoms. The van der Waals surface area contributed by atoms with Crippen LogP contribution in [0.1, 0.15) is 24.5 Å². The number of rotatable bonds is 5. The lowest BCUT2D eigenvalue weighted by atomic mass is 10.5. The molecule has 0 aliphatic rings. The molecule has 102 valence electrons. The van der Waals surface area contributed by atoms with Gasteiger partial charge in [-0.25, -0.2) is 4.98 Å². The molecule has 0 aromatic carbocycles. The summed E-state index contributed by atoms with van der Waals surface area (Å²) in [6.45, 7) is 6.61. The molecule has 2 rings (SSSR count). The van der Waals surface area contributed by atoms with Crippen LogP contribution in [0.15, 0.2) is 5.38 Å². The van der Waals surface area contributed by atoms with Crippen molar-refractivity contribution in [2.75, 3.05) is 16.8 Å². The number of aryl methyl sites for hydroxylation is 1. The quantitative estimate of drug-likeness (QED) is 0.917. The van der Waals surface area contributed by atoms with Crippen molar-refractivity contribution >= 4 is 38.8 Å². The summed E-state index contributed by atoms with van der Waals surface area (Å²) in [5, 5.41) is 15.5. The summed E-state index contributed by atoms with van der Waals surface area (Å²) < 4.78 is 0. The molecule has 6 nitrogen and oxygen atoms in total.